The Kier molecular flexibility index (Phi) is 2.78. The molecule has 2 N–H and O–H groups in total. The first kappa shape index (κ1) is 11.1. The Morgan fingerprint density at radius 1 is 1.53 bits per heavy atom. The molecule has 1 heterocycles. The molecular weight excluding hydrogens is 222 g/mol. The van der Waals surface area contributed by atoms with Crippen LogP contribution in [0.4, 0.5) is 0 Å². The zero-order valence-corrected chi connectivity index (χ0v) is 9.17. The largest absolute Gasteiger partial charge is 0.481 e. The summed E-state index contributed by atoms with van der Waals surface area (Å²) in [6, 6.07) is 7.24. The SMILES string of the molecule is Cc1cccc(-n2nc(CC(=O)O)[nH]c2=O)c1. The number of H-pyrrole nitrogens is 1. The standard InChI is InChI=1S/C11H11N3O3/c1-7-3-2-4-8(5-7)14-11(17)12-9(13-14)6-10(15)16/h2-5H,6H2,1H3,(H,15,16)(H,12,13,17). The number of nitrogens with zero attached hydrogens (tertiary/aromatic N) is 2. The summed E-state index contributed by atoms with van der Waals surface area (Å²) < 4.78 is 1.16. The maximum atomic E-state index is 11.6. The van der Waals surface area contributed by atoms with Gasteiger partial charge in [-0.3, -0.25) is 9.78 Å². The molecule has 1 aromatic carbocycles. The smallest absolute Gasteiger partial charge is 0.348 e. The molecule has 1 aromatic heterocycles. The number of carboxylic acid groups (broad SMARTS) is 1. The number of benzene rings is 1. The highest BCUT2D eigenvalue weighted by Crippen LogP contribution is 2.06. The minimum absolute atomic E-state index is 0.143. The third kappa shape index (κ3) is 2.41. The van der Waals surface area contributed by atoms with Gasteiger partial charge in [-0.2, -0.15) is 4.68 Å². The molecule has 0 saturated heterocycles. The van der Waals surface area contributed by atoms with Crippen LogP contribution in [0, 0.1) is 6.92 Å². The van der Waals surface area contributed by atoms with E-state index in [9.17, 15) is 9.59 Å². The number of nitrogens with one attached hydrogen (secondary N) is 1. The lowest BCUT2D eigenvalue weighted by molar-refractivity contribution is -0.136. The Labute approximate surface area is 96.5 Å². The van der Waals surface area contributed by atoms with Crippen molar-refractivity contribution >= 4 is 5.97 Å². The van der Waals surface area contributed by atoms with Crippen LogP contribution in [0.2, 0.25) is 0 Å². The lowest BCUT2D eigenvalue weighted by Crippen LogP contribution is -2.15. The third-order valence-electron chi connectivity index (χ3n) is 2.23. The fraction of sp³-hybridized carbons (Fsp3) is 0.182. The molecule has 0 radical (unpaired) electrons. The van der Waals surface area contributed by atoms with E-state index in [2.05, 4.69) is 10.1 Å². The average molecular weight is 233 g/mol. The van der Waals surface area contributed by atoms with Crippen LogP contribution < -0.4 is 5.69 Å². The number of aromatic amines is 1. The minimum atomic E-state index is -1.03. The fourth-order valence-electron chi connectivity index (χ4n) is 1.53. The van der Waals surface area contributed by atoms with Crippen LogP contribution >= 0.6 is 0 Å². The summed E-state index contributed by atoms with van der Waals surface area (Å²) in [4.78, 5) is 24.5. The highest BCUT2D eigenvalue weighted by atomic mass is 16.4. The predicted octanol–water partition coefficient (Wildman–Crippen LogP) is 0.496. The van der Waals surface area contributed by atoms with Crippen molar-refractivity contribution in [2.24, 2.45) is 0 Å². The molecule has 2 aromatic rings. The van der Waals surface area contributed by atoms with Crippen LogP contribution in [0.1, 0.15) is 11.4 Å². The van der Waals surface area contributed by atoms with Crippen molar-refractivity contribution in [3.8, 4) is 5.69 Å². The Morgan fingerprint density at radius 2 is 2.29 bits per heavy atom. The number of aromatic nitrogens is 3. The quantitative estimate of drug-likeness (QED) is 0.807. The van der Waals surface area contributed by atoms with E-state index in [0.29, 0.717) is 5.69 Å². The van der Waals surface area contributed by atoms with Gasteiger partial charge in [0, 0.05) is 0 Å². The molecule has 0 bridgehead atoms. The van der Waals surface area contributed by atoms with E-state index in [1.807, 2.05) is 19.1 Å². The Hall–Kier alpha value is -2.37. The second kappa shape index (κ2) is 4.25. The normalized spacial score (nSPS) is 10.4. The van der Waals surface area contributed by atoms with E-state index in [1.165, 1.54) is 0 Å². The van der Waals surface area contributed by atoms with E-state index in [-0.39, 0.29) is 12.2 Å². The van der Waals surface area contributed by atoms with E-state index in [4.69, 9.17) is 5.11 Å². The zero-order valence-electron chi connectivity index (χ0n) is 9.17. The number of aryl methyl sites for hydroxylation is 1. The summed E-state index contributed by atoms with van der Waals surface area (Å²) in [6.07, 6.45) is -0.298. The fourth-order valence-corrected chi connectivity index (χ4v) is 1.53. The second-order valence-corrected chi connectivity index (χ2v) is 3.70. The molecule has 6 nitrogen and oxygen atoms in total. The number of aliphatic carboxylic acids is 1. The molecule has 0 unspecified atom stereocenters. The zero-order chi connectivity index (χ0) is 12.4. The number of rotatable bonds is 3. The van der Waals surface area contributed by atoms with E-state index in [1.54, 1.807) is 12.1 Å². The topological polar surface area (TPSA) is 88.0 Å². The summed E-state index contributed by atoms with van der Waals surface area (Å²) in [7, 11) is 0. The molecule has 17 heavy (non-hydrogen) atoms. The van der Waals surface area contributed by atoms with Crippen molar-refractivity contribution in [3.63, 3.8) is 0 Å². The Balaban J connectivity index is 2.43. The van der Waals surface area contributed by atoms with Crippen molar-refractivity contribution in [3.05, 3.63) is 46.1 Å². The van der Waals surface area contributed by atoms with E-state index < -0.39 is 11.7 Å². The summed E-state index contributed by atoms with van der Waals surface area (Å²) in [6.45, 7) is 1.90. The summed E-state index contributed by atoms with van der Waals surface area (Å²) in [5, 5.41) is 12.5. The first-order chi connectivity index (χ1) is 8.06. The van der Waals surface area contributed by atoms with Crippen molar-refractivity contribution in [1.82, 2.24) is 14.8 Å². The minimum Gasteiger partial charge on any atom is -0.481 e. The molecule has 0 spiro atoms. The van der Waals surface area contributed by atoms with Gasteiger partial charge in [0.25, 0.3) is 0 Å². The van der Waals surface area contributed by atoms with Gasteiger partial charge >= 0.3 is 11.7 Å². The van der Waals surface area contributed by atoms with Crippen molar-refractivity contribution in [1.29, 1.82) is 0 Å². The third-order valence-corrected chi connectivity index (χ3v) is 2.23. The van der Waals surface area contributed by atoms with Gasteiger partial charge in [-0.15, -0.1) is 5.10 Å². The van der Waals surface area contributed by atoms with Crippen LogP contribution in [-0.4, -0.2) is 25.8 Å². The number of hydrogen-bond donors (Lipinski definition) is 2. The molecule has 0 aliphatic heterocycles. The highest BCUT2D eigenvalue weighted by molar-refractivity contribution is 5.68. The molecule has 0 fully saturated rings. The average Bonchev–Trinajstić information content (AvgIpc) is 2.58. The van der Waals surface area contributed by atoms with Gasteiger partial charge in [0.1, 0.15) is 12.2 Å². The first-order valence-corrected chi connectivity index (χ1v) is 5.03. The molecule has 88 valence electrons. The summed E-state index contributed by atoms with van der Waals surface area (Å²) >= 11 is 0. The van der Waals surface area contributed by atoms with Gasteiger partial charge < -0.3 is 5.11 Å². The summed E-state index contributed by atoms with van der Waals surface area (Å²) in [5.74, 6) is -0.890. The maximum absolute atomic E-state index is 11.6. The Morgan fingerprint density at radius 3 is 2.94 bits per heavy atom. The van der Waals surface area contributed by atoms with Gasteiger partial charge in [-0.25, -0.2) is 4.79 Å². The maximum Gasteiger partial charge on any atom is 0.348 e. The Bertz CT molecular complexity index is 612. The monoisotopic (exact) mass is 233 g/mol. The molecule has 0 amide bonds. The van der Waals surface area contributed by atoms with Crippen LogP contribution in [0.25, 0.3) is 5.69 Å². The van der Waals surface area contributed by atoms with Crippen LogP contribution in [0.5, 0.6) is 0 Å². The van der Waals surface area contributed by atoms with Crippen LogP contribution in [0.3, 0.4) is 0 Å². The van der Waals surface area contributed by atoms with Gasteiger partial charge in [-0.1, -0.05) is 12.1 Å². The van der Waals surface area contributed by atoms with Gasteiger partial charge in [0.05, 0.1) is 5.69 Å². The van der Waals surface area contributed by atoms with Gasteiger partial charge in [0.2, 0.25) is 0 Å². The van der Waals surface area contributed by atoms with Crippen LogP contribution in [-0.2, 0) is 11.2 Å². The number of carboxylic acids is 1. The van der Waals surface area contributed by atoms with Crippen molar-refractivity contribution in [2.45, 2.75) is 13.3 Å². The van der Waals surface area contributed by atoms with Crippen LogP contribution in [0.15, 0.2) is 29.1 Å². The highest BCUT2D eigenvalue weighted by Gasteiger charge is 2.09. The molecular formula is C11H11N3O3. The van der Waals surface area contributed by atoms with Crippen molar-refractivity contribution < 1.29 is 9.90 Å². The van der Waals surface area contributed by atoms with Crippen molar-refractivity contribution in [2.75, 3.05) is 0 Å². The lowest BCUT2D eigenvalue weighted by Gasteiger charge is -1.99. The first-order valence-electron chi connectivity index (χ1n) is 5.03. The summed E-state index contributed by atoms with van der Waals surface area (Å²) in [5.41, 5.74) is 1.17. The van der Waals surface area contributed by atoms with E-state index >= 15 is 0 Å². The lowest BCUT2D eigenvalue weighted by atomic mass is 10.2. The molecule has 0 saturated carbocycles. The second-order valence-electron chi connectivity index (χ2n) is 3.70. The number of carbonyl (C=O) groups is 1. The molecule has 0 atom stereocenters. The molecule has 0 aliphatic rings. The number of hydrogen-bond acceptors (Lipinski definition) is 3. The van der Waals surface area contributed by atoms with Gasteiger partial charge in [-0.05, 0) is 24.6 Å². The van der Waals surface area contributed by atoms with E-state index in [0.717, 1.165) is 10.2 Å². The molecule has 2 rings (SSSR count). The van der Waals surface area contributed by atoms with Gasteiger partial charge in [0.15, 0.2) is 0 Å². The molecule has 0 aliphatic carbocycles. The molecule has 6 heteroatoms. The predicted molar refractivity (Wildman–Crippen MR) is 60.3 cm³/mol.